The zero-order valence-electron chi connectivity index (χ0n) is 11.1. The number of nitrogens with two attached hydrogens (primary N) is 1. The third kappa shape index (κ3) is 2.51. The number of rotatable bonds is 3. The smallest absolute Gasteiger partial charge is 0.230 e. The Morgan fingerprint density at radius 1 is 1.05 bits per heavy atom. The third-order valence-electron chi connectivity index (χ3n) is 3.09. The molecule has 4 N–H and O–H groups in total. The number of hydrogen-bond donors (Lipinski definition) is 3. The minimum Gasteiger partial charge on any atom is -0.492 e. The highest BCUT2D eigenvalue weighted by Crippen LogP contribution is 2.35. The van der Waals surface area contributed by atoms with Crippen LogP contribution < -0.4 is 5.73 Å². The monoisotopic (exact) mass is 295 g/mol. The second-order valence-corrected chi connectivity index (χ2v) is 5.50. The molecule has 5 heteroatoms. The van der Waals surface area contributed by atoms with Crippen LogP contribution in [0.5, 0.6) is 5.88 Å². The van der Waals surface area contributed by atoms with Gasteiger partial charge in [0.2, 0.25) is 5.88 Å². The quantitative estimate of drug-likeness (QED) is 0.510. The number of anilines is 1. The average molecular weight is 295 g/mol. The number of nitrogens with one attached hydrogen (secondary N) is 1. The van der Waals surface area contributed by atoms with E-state index in [1.165, 1.54) is 11.3 Å². The van der Waals surface area contributed by atoms with E-state index < -0.39 is 0 Å². The second kappa shape index (κ2) is 5.38. The van der Waals surface area contributed by atoms with Gasteiger partial charge in [-0.15, -0.1) is 11.3 Å². The third-order valence-corrected chi connectivity index (χ3v) is 4.20. The van der Waals surface area contributed by atoms with Gasteiger partial charge in [0.05, 0.1) is 10.6 Å². The van der Waals surface area contributed by atoms with Crippen molar-refractivity contribution in [2.24, 2.45) is 0 Å². The molecule has 21 heavy (non-hydrogen) atoms. The highest BCUT2D eigenvalue weighted by atomic mass is 32.1. The fourth-order valence-electron chi connectivity index (χ4n) is 2.04. The number of aromatic hydroxyl groups is 1. The number of nitrogens with zero attached hydrogens (tertiary/aromatic N) is 1. The summed E-state index contributed by atoms with van der Waals surface area (Å²) >= 11 is 1.28. The van der Waals surface area contributed by atoms with Crippen molar-refractivity contribution in [3.63, 3.8) is 0 Å². The minimum atomic E-state index is -0.0551. The molecule has 0 saturated carbocycles. The Bertz CT molecular complexity index is 796. The van der Waals surface area contributed by atoms with E-state index in [1.807, 2.05) is 42.5 Å². The molecule has 1 aromatic heterocycles. The lowest BCUT2D eigenvalue weighted by molar-refractivity contribution is 0.459. The molecule has 2 aromatic carbocycles. The summed E-state index contributed by atoms with van der Waals surface area (Å²) in [5, 5.41) is 18.7. The number of hydrogen-bond acceptors (Lipinski definition) is 5. The van der Waals surface area contributed by atoms with Gasteiger partial charge in [-0.2, -0.15) is 4.98 Å². The van der Waals surface area contributed by atoms with Gasteiger partial charge in [-0.3, -0.25) is 5.41 Å². The van der Waals surface area contributed by atoms with Crippen LogP contribution in [-0.2, 0) is 0 Å². The van der Waals surface area contributed by atoms with Crippen LogP contribution in [0.25, 0.3) is 10.4 Å². The van der Waals surface area contributed by atoms with Crippen LogP contribution in [-0.4, -0.2) is 15.8 Å². The number of thiazole rings is 1. The van der Waals surface area contributed by atoms with E-state index in [-0.39, 0.29) is 11.6 Å². The van der Waals surface area contributed by atoms with Gasteiger partial charge in [0, 0.05) is 11.3 Å². The Morgan fingerprint density at radius 2 is 1.71 bits per heavy atom. The molecule has 0 atom stereocenters. The van der Waals surface area contributed by atoms with Gasteiger partial charge in [-0.1, -0.05) is 48.5 Å². The molecule has 3 aromatic rings. The molecule has 104 valence electrons. The van der Waals surface area contributed by atoms with Crippen LogP contribution in [0.15, 0.2) is 54.6 Å². The summed E-state index contributed by atoms with van der Waals surface area (Å²) in [4.78, 5) is 4.76. The first-order valence-electron chi connectivity index (χ1n) is 6.36. The van der Waals surface area contributed by atoms with Crippen LogP contribution in [0.2, 0.25) is 0 Å². The highest BCUT2D eigenvalue weighted by molar-refractivity contribution is 7.17. The molecule has 0 saturated heterocycles. The second-order valence-electron chi connectivity index (χ2n) is 4.50. The lowest BCUT2D eigenvalue weighted by Crippen LogP contribution is -2.04. The fourth-order valence-corrected chi connectivity index (χ4v) is 2.96. The van der Waals surface area contributed by atoms with Gasteiger partial charge in [0.25, 0.3) is 0 Å². The molecule has 0 aliphatic heterocycles. The zero-order chi connectivity index (χ0) is 14.8. The van der Waals surface area contributed by atoms with E-state index in [9.17, 15) is 5.11 Å². The summed E-state index contributed by atoms with van der Waals surface area (Å²) in [5.41, 5.74) is 8.13. The number of aromatic nitrogens is 1. The van der Waals surface area contributed by atoms with Crippen LogP contribution in [0.1, 0.15) is 10.6 Å². The molecule has 0 spiro atoms. The molecule has 0 fully saturated rings. The van der Waals surface area contributed by atoms with E-state index in [1.54, 1.807) is 12.1 Å². The standard InChI is InChI=1S/C16H13N3OS/c17-12-9-5-4-8-11(12)13(18)16-19-15(20)14(21-16)10-6-2-1-3-7-10/h1-9,18,20H,17H2. The molecule has 0 radical (unpaired) electrons. The van der Waals surface area contributed by atoms with Crippen molar-refractivity contribution < 1.29 is 5.11 Å². The van der Waals surface area contributed by atoms with Gasteiger partial charge < -0.3 is 10.8 Å². The summed E-state index contributed by atoms with van der Waals surface area (Å²) in [7, 11) is 0. The first-order chi connectivity index (χ1) is 10.2. The Hall–Kier alpha value is -2.66. The van der Waals surface area contributed by atoms with Crippen LogP contribution in [0.3, 0.4) is 0 Å². The molecular weight excluding hydrogens is 282 g/mol. The number of benzene rings is 2. The van der Waals surface area contributed by atoms with Gasteiger partial charge in [-0.25, -0.2) is 0 Å². The lowest BCUT2D eigenvalue weighted by Gasteiger charge is -2.03. The summed E-state index contributed by atoms with van der Waals surface area (Å²) in [6.45, 7) is 0. The Balaban J connectivity index is 2.02. The Morgan fingerprint density at radius 3 is 2.43 bits per heavy atom. The molecule has 1 heterocycles. The number of para-hydroxylation sites is 1. The van der Waals surface area contributed by atoms with Crippen LogP contribution in [0.4, 0.5) is 5.69 Å². The SMILES string of the molecule is N=C(c1nc(O)c(-c2ccccc2)s1)c1ccccc1N. The van der Waals surface area contributed by atoms with Crippen molar-refractivity contribution in [1.82, 2.24) is 4.98 Å². The fraction of sp³-hybridized carbons (Fsp3) is 0. The van der Waals surface area contributed by atoms with Crippen molar-refractivity contribution in [1.29, 1.82) is 5.41 Å². The van der Waals surface area contributed by atoms with Crippen molar-refractivity contribution >= 4 is 22.7 Å². The van der Waals surface area contributed by atoms with Gasteiger partial charge in [-0.05, 0) is 11.6 Å². The lowest BCUT2D eigenvalue weighted by atomic mass is 10.1. The molecular formula is C16H13N3OS. The molecule has 0 aliphatic carbocycles. The van der Waals surface area contributed by atoms with E-state index in [4.69, 9.17) is 11.1 Å². The van der Waals surface area contributed by atoms with E-state index in [0.29, 0.717) is 21.1 Å². The van der Waals surface area contributed by atoms with E-state index in [0.717, 1.165) is 5.56 Å². The Kier molecular flexibility index (Phi) is 3.41. The first kappa shape index (κ1) is 13.3. The topological polar surface area (TPSA) is 83.0 Å². The molecule has 3 rings (SSSR count). The van der Waals surface area contributed by atoms with E-state index in [2.05, 4.69) is 4.98 Å². The summed E-state index contributed by atoms with van der Waals surface area (Å²) in [6, 6.07) is 16.7. The maximum absolute atomic E-state index is 10.0. The summed E-state index contributed by atoms with van der Waals surface area (Å²) < 4.78 is 0. The summed E-state index contributed by atoms with van der Waals surface area (Å²) in [6.07, 6.45) is 0. The molecule has 4 nitrogen and oxygen atoms in total. The van der Waals surface area contributed by atoms with Gasteiger partial charge in [0.15, 0.2) is 0 Å². The average Bonchev–Trinajstić information content (AvgIpc) is 2.90. The molecule has 0 amide bonds. The highest BCUT2D eigenvalue weighted by Gasteiger charge is 2.17. The van der Waals surface area contributed by atoms with Gasteiger partial charge >= 0.3 is 0 Å². The van der Waals surface area contributed by atoms with Crippen molar-refractivity contribution in [2.75, 3.05) is 5.73 Å². The first-order valence-corrected chi connectivity index (χ1v) is 7.17. The van der Waals surface area contributed by atoms with Crippen LogP contribution >= 0.6 is 11.3 Å². The molecule has 0 bridgehead atoms. The van der Waals surface area contributed by atoms with Crippen LogP contribution in [0, 0.1) is 5.41 Å². The predicted molar refractivity (Wildman–Crippen MR) is 86.0 cm³/mol. The van der Waals surface area contributed by atoms with Gasteiger partial charge in [0.1, 0.15) is 5.01 Å². The van der Waals surface area contributed by atoms with Crippen molar-refractivity contribution in [3.05, 3.63) is 65.2 Å². The molecule has 0 unspecified atom stereocenters. The summed E-state index contributed by atoms with van der Waals surface area (Å²) in [5.74, 6) is -0.0551. The zero-order valence-corrected chi connectivity index (χ0v) is 11.9. The molecule has 0 aliphatic rings. The predicted octanol–water partition coefficient (Wildman–Crippen LogP) is 3.51. The van der Waals surface area contributed by atoms with E-state index >= 15 is 0 Å². The largest absolute Gasteiger partial charge is 0.492 e. The number of nitrogen functional groups attached to an aromatic ring is 1. The maximum atomic E-state index is 10.0. The minimum absolute atomic E-state index is 0.0551. The van der Waals surface area contributed by atoms with Crippen molar-refractivity contribution in [2.45, 2.75) is 0 Å². The normalized spacial score (nSPS) is 10.5. The Labute approximate surface area is 126 Å². The maximum Gasteiger partial charge on any atom is 0.230 e. The van der Waals surface area contributed by atoms with Crippen molar-refractivity contribution in [3.8, 4) is 16.3 Å².